The number of carbonyl (C=O) groups excluding carboxylic acids is 1. The van der Waals surface area contributed by atoms with Crippen LogP contribution in [-0.4, -0.2) is 28.5 Å². The zero-order chi connectivity index (χ0) is 12.9. The molecule has 3 nitrogen and oxygen atoms in total. The van der Waals surface area contributed by atoms with E-state index in [2.05, 4.69) is 15.9 Å². The van der Waals surface area contributed by atoms with E-state index in [0.29, 0.717) is 6.04 Å². The van der Waals surface area contributed by atoms with Gasteiger partial charge in [0.15, 0.2) is 0 Å². The molecule has 1 amide bonds. The molecule has 0 spiro atoms. The normalized spacial score (nSPS) is 15.1. The smallest absolute Gasteiger partial charge is 0.256 e. The number of halogens is 1. The third-order valence-corrected chi connectivity index (χ3v) is 4.09. The van der Waals surface area contributed by atoms with Crippen molar-refractivity contribution in [2.75, 3.05) is 7.05 Å². The Morgan fingerprint density at radius 3 is 2.83 bits per heavy atom. The monoisotopic (exact) mass is 306 g/mol. The minimum atomic E-state index is 0.130. The summed E-state index contributed by atoms with van der Waals surface area (Å²) in [5.74, 6) is 0.130. The summed E-state index contributed by atoms with van der Waals surface area (Å²) < 4.78 is 3.04. The van der Waals surface area contributed by atoms with E-state index in [9.17, 15) is 4.79 Å². The van der Waals surface area contributed by atoms with E-state index in [1.165, 1.54) is 0 Å². The Morgan fingerprint density at radius 1 is 1.44 bits per heavy atom. The molecule has 1 aromatic carbocycles. The van der Waals surface area contributed by atoms with Crippen molar-refractivity contribution in [1.82, 2.24) is 9.47 Å². The molecule has 1 heterocycles. The lowest BCUT2D eigenvalue weighted by atomic mass is 10.1. The van der Waals surface area contributed by atoms with Crippen LogP contribution in [0.25, 0.3) is 10.9 Å². The molecule has 2 aromatic rings. The maximum absolute atomic E-state index is 12.4. The molecule has 0 unspecified atom stereocenters. The minimum absolute atomic E-state index is 0.130. The number of aryl methyl sites for hydroxylation is 1. The van der Waals surface area contributed by atoms with Crippen molar-refractivity contribution in [3.63, 3.8) is 0 Å². The Hall–Kier alpha value is -1.29. The molecule has 4 heteroatoms. The molecule has 18 heavy (non-hydrogen) atoms. The molecule has 0 aliphatic heterocycles. The summed E-state index contributed by atoms with van der Waals surface area (Å²) in [6.45, 7) is 0. The second-order valence-corrected chi connectivity index (χ2v) is 5.88. The fourth-order valence-electron chi connectivity index (χ4n) is 2.35. The van der Waals surface area contributed by atoms with E-state index in [-0.39, 0.29) is 5.91 Å². The average molecular weight is 307 g/mol. The average Bonchev–Trinajstić information content (AvgIpc) is 3.14. The highest BCUT2D eigenvalue weighted by molar-refractivity contribution is 9.10. The standard InChI is InChI=1S/C14H15BrN2O/c1-16-8-12(14(18)17(2)10-4-5-10)11-6-3-9(15)7-13(11)16/h3,6-8,10H,4-5H2,1-2H3. The first-order valence-corrected chi connectivity index (χ1v) is 6.89. The fourth-order valence-corrected chi connectivity index (χ4v) is 2.69. The summed E-state index contributed by atoms with van der Waals surface area (Å²) in [5, 5.41) is 1.03. The van der Waals surface area contributed by atoms with Gasteiger partial charge in [0.1, 0.15) is 0 Å². The molecule has 0 bridgehead atoms. The van der Waals surface area contributed by atoms with Gasteiger partial charge in [0.25, 0.3) is 5.91 Å². The summed E-state index contributed by atoms with van der Waals surface area (Å²) in [7, 11) is 3.88. The molecular formula is C14H15BrN2O. The first-order valence-electron chi connectivity index (χ1n) is 6.09. The highest BCUT2D eigenvalue weighted by atomic mass is 79.9. The van der Waals surface area contributed by atoms with E-state index in [0.717, 1.165) is 33.8 Å². The van der Waals surface area contributed by atoms with E-state index in [4.69, 9.17) is 0 Å². The fraction of sp³-hybridized carbons (Fsp3) is 0.357. The molecule has 0 atom stereocenters. The van der Waals surface area contributed by atoms with Crippen LogP contribution in [-0.2, 0) is 7.05 Å². The number of aromatic nitrogens is 1. The van der Waals surface area contributed by atoms with Gasteiger partial charge in [-0.2, -0.15) is 0 Å². The number of fused-ring (bicyclic) bond motifs is 1. The Kier molecular flexibility index (Phi) is 2.70. The van der Waals surface area contributed by atoms with Crippen LogP contribution in [0.4, 0.5) is 0 Å². The number of hydrogen-bond acceptors (Lipinski definition) is 1. The first-order chi connectivity index (χ1) is 8.58. The Bertz CT molecular complexity index is 628. The second kappa shape index (κ2) is 4.12. The van der Waals surface area contributed by atoms with Gasteiger partial charge in [-0.15, -0.1) is 0 Å². The second-order valence-electron chi connectivity index (χ2n) is 4.96. The highest BCUT2D eigenvalue weighted by Crippen LogP contribution is 2.30. The van der Waals surface area contributed by atoms with Crippen molar-refractivity contribution in [2.24, 2.45) is 7.05 Å². The first kappa shape index (κ1) is 11.8. The minimum Gasteiger partial charge on any atom is -0.350 e. The summed E-state index contributed by atoms with van der Waals surface area (Å²) >= 11 is 3.47. The van der Waals surface area contributed by atoms with Gasteiger partial charge in [-0.1, -0.05) is 22.0 Å². The van der Waals surface area contributed by atoms with Gasteiger partial charge < -0.3 is 9.47 Å². The van der Waals surface area contributed by atoms with E-state index < -0.39 is 0 Å². The van der Waals surface area contributed by atoms with Gasteiger partial charge in [-0.25, -0.2) is 0 Å². The molecule has 1 saturated carbocycles. The molecule has 0 radical (unpaired) electrons. The van der Waals surface area contributed by atoms with E-state index in [1.54, 1.807) is 0 Å². The van der Waals surface area contributed by atoms with Crippen LogP contribution in [0.1, 0.15) is 23.2 Å². The summed E-state index contributed by atoms with van der Waals surface area (Å²) in [5.41, 5.74) is 1.88. The highest BCUT2D eigenvalue weighted by Gasteiger charge is 2.31. The third-order valence-electron chi connectivity index (χ3n) is 3.60. The zero-order valence-electron chi connectivity index (χ0n) is 10.5. The molecule has 0 saturated heterocycles. The largest absolute Gasteiger partial charge is 0.350 e. The maximum atomic E-state index is 12.4. The predicted molar refractivity (Wildman–Crippen MR) is 75.7 cm³/mol. The van der Waals surface area contributed by atoms with Crippen LogP contribution in [0.5, 0.6) is 0 Å². The van der Waals surface area contributed by atoms with Gasteiger partial charge in [0, 0.05) is 41.7 Å². The molecule has 1 aromatic heterocycles. The maximum Gasteiger partial charge on any atom is 0.256 e. The van der Waals surface area contributed by atoms with Crippen molar-refractivity contribution in [2.45, 2.75) is 18.9 Å². The number of carbonyl (C=O) groups is 1. The van der Waals surface area contributed by atoms with Crippen LogP contribution in [0.15, 0.2) is 28.9 Å². The summed E-state index contributed by atoms with van der Waals surface area (Å²) in [4.78, 5) is 14.3. The van der Waals surface area contributed by atoms with E-state index >= 15 is 0 Å². The molecular weight excluding hydrogens is 292 g/mol. The van der Waals surface area contributed by atoms with Crippen molar-refractivity contribution in [1.29, 1.82) is 0 Å². The number of amides is 1. The topological polar surface area (TPSA) is 25.2 Å². The van der Waals surface area contributed by atoms with Crippen LogP contribution in [0, 0.1) is 0 Å². The van der Waals surface area contributed by atoms with Crippen LogP contribution >= 0.6 is 15.9 Å². The SMILES string of the molecule is CN(C(=O)c1cn(C)c2cc(Br)ccc12)C1CC1. The molecule has 1 aliphatic rings. The molecule has 1 fully saturated rings. The van der Waals surface area contributed by atoms with Gasteiger partial charge >= 0.3 is 0 Å². The predicted octanol–water partition coefficient (Wildman–Crippen LogP) is 3.18. The van der Waals surface area contributed by atoms with Crippen molar-refractivity contribution in [3.8, 4) is 0 Å². The Balaban J connectivity index is 2.09. The van der Waals surface area contributed by atoms with Crippen molar-refractivity contribution >= 4 is 32.7 Å². The van der Waals surface area contributed by atoms with E-state index in [1.807, 2.05) is 48.0 Å². The molecule has 94 valence electrons. The number of benzene rings is 1. The number of rotatable bonds is 2. The van der Waals surface area contributed by atoms with Crippen LogP contribution in [0.2, 0.25) is 0 Å². The van der Waals surface area contributed by atoms with Crippen molar-refractivity contribution < 1.29 is 4.79 Å². The lowest BCUT2D eigenvalue weighted by Crippen LogP contribution is -2.28. The van der Waals surface area contributed by atoms with Gasteiger partial charge in [0.05, 0.1) is 5.56 Å². The Labute approximate surface area is 115 Å². The molecule has 1 aliphatic carbocycles. The third kappa shape index (κ3) is 1.85. The quantitative estimate of drug-likeness (QED) is 0.836. The molecule has 3 rings (SSSR count). The zero-order valence-corrected chi connectivity index (χ0v) is 12.1. The lowest BCUT2D eigenvalue weighted by Gasteiger charge is -2.15. The number of hydrogen-bond donors (Lipinski definition) is 0. The summed E-state index contributed by atoms with van der Waals surface area (Å²) in [6, 6.07) is 6.48. The van der Waals surface area contributed by atoms with Crippen LogP contribution in [0.3, 0.4) is 0 Å². The van der Waals surface area contributed by atoms with Crippen molar-refractivity contribution in [3.05, 3.63) is 34.4 Å². The summed E-state index contributed by atoms with van der Waals surface area (Å²) in [6.07, 6.45) is 4.20. The lowest BCUT2D eigenvalue weighted by molar-refractivity contribution is 0.0787. The van der Waals surface area contributed by atoms with Gasteiger partial charge in [-0.3, -0.25) is 4.79 Å². The van der Waals surface area contributed by atoms with Gasteiger partial charge in [-0.05, 0) is 25.0 Å². The van der Waals surface area contributed by atoms with Crippen LogP contribution < -0.4 is 0 Å². The van der Waals surface area contributed by atoms with Gasteiger partial charge in [0.2, 0.25) is 0 Å². The number of nitrogens with zero attached hydrogens (tertiary/aromatic N) is 2. The molecule has 0 N–H and O–H groups in total. The Morgan fingerprint density at radius 2 is 2.17 bits per heavy atom.